The van der Waals surface area contributed by atoms with Gasteiger partial charge in [-0.3, -0.25) is 9.59 Å². The molecule has 2 amide bonds. The van der Waals surface area contributed by atoms with Crippen molar-refractivity contribution in [1.82, 2.24) is 10.6 Å². The topological polar surface area (TPSA) is 76.7 Å². The first kappa shape index (κ1) is 23.3. The van der Waals surface area contributed by atoms with Crippen LogP contribution in [0, 0.1) is 11.8 Å². The van der Waals surface area contributed by atoms with Gasteiger partial charge in [0, 0.05) is 37.4 Å². The standard InChI is InChI=1S/C19H34N2O4/c1-14(2)18(22)20-10-16(5)12-24-8-7-9-25-13-17(6)11-21-19(23)15(3)4/h16-17H,1,3,7-13H2,2,4-6H3,(H,20,22)(H,21,23). The van der Waals surface area contributed by atoms with E-state index in [1.54, 1.807) is 13.8 Å². The van der Waals surface area contributed by atoms with Crippen molar-refractivity contribution in [3.8, 4) is 0 Å². The molecule has 0 aliphatic rings. The summed E-state index contributed by atoms with van der Waals surface area (Å²) in [6, 6.07) is 0. The summed E-state index contributed by atoms with van der Waals surface area (Å²) in [7, 11) is 0. The molecule has 6 heteroatoms. The van der Waals surface area contributed by atoms with Gasteiger partial charge in [0.1, 0.15) is 0 Å². The van der Waals surface area contributed by atoms with Gasteiger partial charge in [-0.25, -0.2) is 0 Å². The van der Waals surface area contributed by atoms with E-state index in [1.807, 2.05) is 13.8 Å². The maximum absolute atomic E-state index is 11.4. The van der Waals surface area contributed by atoms with E-state index in [2.05, 4.69) is 23.8 Å². The molecule has 2 atom stereocenters. The molecule has 0 aromatic carbocycles. The minimum atomic E-state index is -0.117. The Labute approximate surface area is 152 Å². The molecule has 0 heterocycles. The molecular formula is C19H34N2O4. The molecule has 2 N–H and O–H groups in total. The maximum Gasteiger partial charge on any atom is 0.246 e. The molecule has 6 nitrogen and oxygen atoms in total. The summed E-state index contributed by atoms with van der Waals surface area (Å²) in [6.07, 6.45) is 0.815. The maximum atomic E-state index is 11.4. The van der Waals surface area contributed by atoms with Crippen molar-refractivity contribution in [3.63, 3.8) is 0 Å². The molecule has 0 saturated heterocycles. The summed E-state index contributed by atoms with van der Waals surface area (Å²) in [5, 5.41) is 5.61. The smallest absolute Gasteiger partial charge is 0.246 e. The number of ether oxygens (including phenoxy) is 2. The second-order valence-electron chi connectivity index (χ2n) is 6.69. The molecule has 0 aliphatic heterocycles. The summed E-state index contributed by atoms with van der Waals surface area (Å²) >= 11 is 0. The predicted molar refractivity (Wildman–Crippen MR) is 100 cm³/mol. The van der Waals surface area contributed by atoms with Gasteiger partial charge in [0.25, 0.3) is 0 Å². The minimum Gasteiger partial charge on any atom is -0.381 e. The van der Waals surface area contributed by atoms with Crippen molar-refractivity contribution in [1.29, 1.82) is 0 Å². The Bertz CT molecular complexity index is 409. The van der Waals surface area contributed by atoms with E-state index < -0.39 is 0 Å². The SMILES string of the molecule is C=C(C)C(=O)NCC(C)COCCCOCC(C)CNC(=O)C(=C)C. The van der Waals surface area contributed by atoms with E-state index in [4.69, 9.17) is 9.47 Å². The van der Waals surface area contributed by atoms with Crippen LogP contribution in [0.1, 0.15) is 34.1 Å². The molecule has 0 aromatic heterocycles. The molecule has 0 rings (SSSR count). The molecular weight excluding hydrogens is 320 g/mol. The molecule has 144 valence electrons. The van der Waals surface area contributed by atoms with Crippen molar-refractivity contribution >= 4 is 11.8 Å². The van der Waals surface area contributed by atoms with Gasteiger partial charge >= 0.3 is 0 Å². The first-order valence-corrected chi connectivity index (χ1v) is 8.76. The average Bonchev–Trinajstić information content (AvgIpc) is 2.56. The molecule has 0 radical (unpaired) electrons. The normalized spacial score (nSPS) is 13.0. The van der Waals surface area contributed by atoms with Crippen molar-refractivity contribution in [2.75, 3.05) is 39.5 Å². The van der Waals surface area contributed by atoms with Gasteiger partial charge in [-0.1, -0.05) is 27.0 Å². The largest absolute Gasteiger partial charge is 0.381 e. The summed E-state index contributed by atoms with van der Waals surface area (Å²) in [5.41, 5.74) is 1.03. The molecule has 0 aliphatic carbocycles. The Morgan fingerprint density at radius 2 is 1.20 bits per heavy atom. The Hall–Kier alpha value is -1.66. The van der Waals surface area contributed by atoms with E-state index in [-0.39, 0.29) is 23.7 Å². The minimum absolute atomic E-state index is 0.117. The van der Waals surface area contributed by atoms with Gasteiger partial charge in [-0.15, -0.1) is 0 Å². The van der Waals surface area contributed by atoms with Gasteiger partial charge in [0.15, 0.2) is 0 Å². The highest BCUT2D eigenvalue weighted by Crippen LogP contribution is 1.99. The number of carbonyl (C=O) groups excluding carboxylic acids is 2. The van der Waals surface area contributed by atoms with Crippen LogP contribution in [0.5, 0.6) is 0 Å². The van der Waals surface area contributed by atoms with Gasteiger partial charge < -0.3 is 20.1 Å². The first-order chi connectivity index (χ1) is 11.7. The number of carbonyl (C=O) groups is 2. The van der Waals surface area contributed by atoms with E-state index >= 15 is 0 Å². The van der Waals surface area contributed by atoms with Gasteiger partial charge in [-0.2, -0.15) is 0 Å². The van der Waals surface area contributed by atoms with Crippen LogP contribution in [0.3, 0.4) is 0 Å². The van der Waals surface area contributed by atoms with E-state index in [1.165, 1.54) is 0 Å². The van der Waals surface area contributed by atoms with Crippen LogP contribution in [0.4, 0.5) is 0 Å². The zero-order valence-corrected chi connectivity index (χ0v) is 16.2. The number of hydrogen-bond donors (Lipinski definition) is 2. The molecule has 0 bridgehead atoms. The third-order valence-electron chi connectivity index (χ3n) is 3.38. The van der Waals surface area contributed by atoms with E-state index in [0.717, 1.165) is 6.42 Å². The zero-order chi connectivity index (χ0) is 19.2. The summed E-state index contributed by atoms with van der Waals surface area (Å²) in [6.45, 7) is 18.2. The molecule has 2 unspecified atom stereocenters. The van der Waals surface area contributed by atoms with Crippen LogP contribution in [0.2, 0.25) is 0 Å². The van der Waals surface area contributed by atoms with Gasteiger partial charge in [0.05, 0.1) is 13.2 Å². The number of rotatable bonds is 14. The second kappa shape index (κ2) is 13.6. The summed E-state index contributed by atoms with van der Waals surface area (Å²) < 4.78 is 11.2. The fourth-order valence-electron chi connectivity index (χ4n) is 1.79. The van der Waals surface area contributed by atoms with Crippen molar-refractivity contribution in [2.45, 2.75) is 34.1 Å². The zero-order valence-electron chi connectivity index (χ0n) is 16.2. The molecule has 0 fully saturated rings. The lowest BCUT2D eigenvalue weighted by Gasteiger charge is -2.14. The molecule has 25 heavy (non-hydrogen) atoms. The number of nitrogens with one attached hydrogen (secondary N) is 2. The van der Waals surface area contributed by atoms with Crippen molar-refractivity contribution in [3.05, 3.63) is 24.3 Å². The van der Waals surface area contributed by atoms with Crippen molar-refractivity contribution in [2.24, 2.45) is 11.8 Å². The fourth-order valence-corrected chi connectivity index (χ4v) is 1.79. The molecule has 0 saturated carbocycles. The Balaban J connectivity index is 3.51. The highest BCUT2D eigenvalue weighted by atomic mass is 16.5. The fraction of sp³-hybridized carbons (Fsp3) is 0.684. The average molecular weight is 354 g/mol. The van der Waals surface area contributed by atoms with Gasteiger partial charge in [-0.05, 0) is 32.1 Å². The van der Waals surface area contributed by atoms with Crippen LogP contribution in [0.25, 0.3) is 0 Å². The monoisotopic (exact) mass is 354 g/mol. The lowest BCUT2D eigenvalue weighted by molar-refractivity contribution is -0.118. The highest BCUT2D eigenvalue weighted by molar-refractivity contribution is 5.92. The third kappa shape index (κ3) is 13.3. The second-order valence-corrected chi connectivity index (χ2v) is 6.69. The summed E-state index contributed by atoms with van der Waals surface area (Å²) in [5.74, 6) is 0.268. The lowest BCUT2D eigenvalue weighted by Crippen LogP contribution is -2.30. The van der Waals surface area contributed by atoms with Crippen LogP contribution >= 0.6 is 0 Å². The third-order valence-corrected chi connectivity index (χ3v) is 3.38. The predicted octanol–water partition coefficient (Wildman–Crippen LogP) is 2.07. The van der Waals surface area contributed by atoms with E-state index in [9.17, 15) is 9.59 Å². The number of amides is 2. The Morgan fingerprint density at radius 3 is 1.52 bits per heavy atom. The Kier molecular flexibility index (Phi) is 12.7. The highest BCUT2D eigenvalue weighted by Gasteiger charge is 2.07. The van der Waals surface area contributed by atoms with Crippen molar-refractivity contribution < 1.29 is 19.1 Å². The summed E-state index contributed by atoms with van der Waals surface area (Å²) in [4.78, 5) is 22.7. The molecule has 0 spiro atoms. The quantitative estimate of drug-likeness (QED) is 0.370. The van der Waals surface area contributed by atoms with Crippen LogP contribution in [0.15, 0.2) is 24.3 Å². The van der Waals surface area contributed by atoms with E-state index in [0.29, 0.717) is 50.7 Å². The van der Waals surface area contributed by atoms with Crippen LogP contribution < -0.4 is 10.6 Å². The number of hydrogen-bond acceptors (Lipinski definition) is 4. The van der Waals surface area contributed by atoms with Gasteiger partial charge in [0.2, 0.25) is 11.8 Å². The molecule has 0 aromatic rings. The first-order valence-electron chi connectivity index (χ1n) is 8.76. The lowest BCUT2D eigenvalue weighted by atomic mass is 10.2. The van der Waals surface area contributed by atoms with Crippen LogP contribution in [-0.2, 0) is 19.1 Å². The van der Waals surface area contributed by atoms with Crippen LogP contribution in [-0.4, -0.2) is 51.3 Å². The Morgan fingerprint density at radius 1 is 0.840 bits per heavy atom.